The Kier molecular flexibility index (Phi) is 5.86. The second-order valence-corrected chi connectivity index (χ2v) is 7.14. The van der Waals surface area contributed by atoms with E-state index in [1.54, 1.807) is 31.3 Å². The Labute approximate surface area is 176 Å². The van der Waals surface area contributed by atoms with Gasteiger partial charge in [0.05, 0.1) is 4.92 Å². The van der Waals surface area contributed by atoms with Gasteiger partial charge in [-0.1, -0.05) is 0 Å². The number of nitro benzene ring substituents is 1. The molecule has 0 fully saturated rings. The number of aromatic nitrogens is 2. The van der Waals surface area contributed by atoms with Crippen LogP contribution in [0.2, 0.25) is 0 Å². The number of nitrogens with one attached hydrogen (secondary N) is 1. The number of anilines is 4. The second kappa shape index (κ2) is 8.19. The summed E-state index contributed by atoms with van der Waals surface area (Å²) >= 11 is 2.09. The lowest BCUT2D eigenvalue weighted by Gasteiger charge is -2.20. The van der Waals surface area contributed by atoms with E-state index in [4.69, 9.17) is 0 Å². The lowest BCUT2D eigenvalue weighted by molar-refractivity contribution is -0.384. The molecule has 150 valence electrons. The quantitative estimate of drug-likeness (QED) is 0.274. The van der Waals surface area contributed by atoms with Crippen molar-refractivity contribution in [3.05, 3.63) is 74.0 Å². The van der Waals surface area contributed by atoms with Crippen molar-refractivity contribution in [2.75, 3.05) is 17.3 Å². The first-order valence-corrected chi connectivity index (χ1v) is 9.18. The molecule has 0 atom stereocenters. The number of nitro groups is 1. The Morgan fingerprint density at radius 1 is 1.10 bits per heavy atom. The van der Waals surface area contributed by atoms with Crippen LogP contribution in [-0.4, -0.2) is 21.9 Å². The summed E-state index contributed by atoms with van der Waals surface area (Å²) in [6, 6.07) is 12.3. The summed E-state index contributed by atoms with van der Waals surface area (Å²) in [4.78, 5) is 19.5. The smallest absolute Gasteiger partial charge is 0.340 e. The van der Waals surface area contributed by atoms with Crippen LogP contribution in [0.4, 0.5) is 42.0 Å². The second-order valence-electron chi connectivity index (χ2n) is 5.89. The lowest BCUT2D eigenvalue weighted by Crippen LogP contribution is -2.17. The van der Waals surface area contributed by atoms with Crippen molar-refractivity contribution in [2.24, 2.45) is 0 Å². The molecule has 0 aliphatic rings. The number of alkyl halides is 3. The third-order valence-electron chi connectivity index (χ3n) is 3.94. The van der Waals surface area contributed by atoms with E-state index >= 15 is 0 Å². The molecule has 0 aliphatic carbocycles. The molecule has 3 rings (SSSR count). The van der Waals surface area contributed by atoms with Gasteiger partial charge >= 0.3 is 6.18 Å². The first kappa shape index (κ1) is 20.8. The number of hydrogen-bond donors (Lipinski definition) is 1. The Bertz CT molecular complexity index is 1030. The molecule has 2 aromatic carbocycles. The number of halogens is 4. The highest BCUT2D eigenvalue weighted by Crippen LogP contribution is 2.36. The zero-order chi connectivity index (χ0) is 21.2. The number of benzene rings is 2. The molecule has 1 N–H and O–H groups in total. The Morgan fingerprint density at radius 2 is 1.72 bits per heavy atom. The van der Waals surface area contributed by atoms with E-state index in [9.17, 15) is 23.3 Å². The van der Waals surface area contributed by atoms with Crippen molar-refractivity contribution in [1.29, 1.82) is 0 Å². The maximum atomic E-state index is 13.4. The molecule has 0 aliphatic heterocycles. The predicted octanol–water partition coefficient (Wildman–Crippen LogP) is 5.52. The van der Waals surface area contributed by atoms with Gasteiger partial charge in [0.15, 0.2) is 0 Å². The fourth-order valence-electron chi connectivity index (χ4n) is 2.42. The van der Waals surface area contributed by atoms with Gasteiger partial charge in [0.1, 0.15) is 11.4 Å². The molecular weight excluding hydrogens is 502 g/mol. The van der Waals surface area contributed by atoms with Gasteiger partial charge in [-0.05, 0) is 59.0 Å². The minimum Gasteiger partial charge on any atom is -0.340 e. The van der Waals surface area contributed by atoms with Crippen LogP contribution < -0.4 is 10.2 Å². The molecular formula is C18H13F3IN5O2. The minimum absolute atomic E-state index is 0.000125. The summed E-state index contributed by atoms with van der Waals surface area (Å²) in [6.07, 6.45) is -3.94. The number of rotatable bonds is 5. The molecule has 0 spiro atoms. The molecule has 0 bridgehead atoms. The van der Waals surface area contributed by atoms with Gasteiger partial charge in [-0.2, -0.15) is 18.2 Å². The number of hydrogen-bond acceptors (Lipinski definition) is 6. The molecule has 3 aromatic rings. The van der Waals surface area contributed by atoms with Gasteiger partial charge in [0.2, 0.25) is 5.95 Å². The minimum atomic E-state index is -4.64. The molecule has 0 saturated heterocycles. The largest absolute Gasteiger partial charge is 0.421 e. The van der Waals surface area contributed by atoms with Gasteiger partial charge < -0.3 is 10.2 Å². The van der Waals surface area contributed by atoms with Crippen LogP contribution in [0.3, 0.4) is 0 Å². The van der Waals surface area contributed by atoms with Crippen LogP contribution in [0, 0.1) is 13.7 Å². The van der Waals surface area contributed by atoms with Crippen LogP contribution in [0.15, 0.2) is 54.7 Å². The predicted molar refractivity (Wildman–Crippen MR) is 111 cm³/mol. The van der Waals surface area contributed by atoms with E-state index in [2.05, 4.69) is 37.9 Å². The summed E-state index contributed by atoms with van der Waals surface area (Å²) < 4.78 is 41.1. The third kappa shape index (κ3) is 4.91. The van der Waals surface area contributed by atoms with Crippen molar-refractivity contribution < 1.29 is 18.1 Å². The molecule has 1 aromatic heterocycles. The monoisotopic (exact) mass is 515 g/mol. The summed E-state index contributed by atoms with van der Waals surface area (Å²) in [7, 11) is 1.55. The molecule has 29 heavy (non-hydrogen) atoms. The van der Waals surface area contributed by atoms with Crippen molar-refractivity contribution in [3.63, 3.8) is 0 Å². The highest BCUT2D eigenvalue weighted by molar-refractivity contribution is 14.1. The van der Waals surface area contributed by atoms with Crippen LogP contribution >= 0.6 is 22.6 Å². The van der Waals surface area contributed by atoms with Crippen LogP contribution in [0.25, 0.3) is 0 Å². The van der Waals surface area contributed by atoms with Gasteiger partial charge in [-0.25, -0.2) is 4.98 Å². The Morgan fingerprint density at radius 3 is 2.28 bits per heavy atom. The highest BCUT2D eigenvalue weighted by atomic mass is 127. The standard InChI is InChI=1S/C18H13F3IN5O2/c1-26(13-6-8-14(9-7-13)27(28)29)17-23-10-15(18(19,20)21)16(25-17)24-12-4-2-11(22)3-5-12/h2-10H,1H3,(H,23,24,25). The van der Waals surface area contributed by atoms with Crippen molar-refractivity contribution in [3.8, 4) is 0 Å². The fourth-order valence-corrected chi connectivity index (χ4v) is 2.78. The zero-order valence-electron chi connectivity index (χ0n) is 14.8. The summed E-state index contributed by atoms with van der Waals surface area (Å²) in [6.45, 7) is 0. The normalized spacial score (nSPS) is 11.2. The molecule has 11 heteroatoms. The van der Waals surface area contributed by atoms with Crippen molar-refractivity contribution >= 4 is 51.4 Å². The van der Waals surface area contributed by atoms with E-state index < -0.39 is 22.5 Å². The van der Waals surface area contributed by atoms with E-state index in [0.717, 1.165) is 3.57 Å². The third-order valence-corrected chi connectivity index (χ3v) is 4.66. The van der Waals surface area contributed by atoms with Crippen molar-refractivity contribution in [1.82, 2.24) is 9.97 Å². The van der Waals surface area contributed by atoms with Crippen molar-refractivity contribution in [2.45, 2.75) is 6.18 Å². The molecule has 0 amide bonds. The fraction of sp³-hybridized carbons (Fsp3) is 0.111. The van der Waals surface area contributed by atoms with E-state index in [1.165, 1.54) is 29.2 Å². The molecule has 1 heterocycles. The van der Waals surface area contributed by atoms with Crippen LogP contribution in [0.5, 0.6) is 0 Å². The SMILES string of the molecule is CN(c1ccc([N+](=O)[O-])cc1)c1ncc(C(F)(F)F)c(Nc2ccc(I)cc2)n1. The Hall–Kier alpha value is -2.96. The van der Waals surface area contributed by atoms with Gasteiger partial charge in [-0.3, -0.25) is 10.1 Å². The van der Waals surface area contributed by atoms with Gasteiger partial charge in [0.25, 0.3) is 5.69 Å². The average Bonchev–Trinajstić information content (AvgIpc) is 2.68. The average molecular weight is 515 g/mol. The summed E-state index contributed by atoms with van der Waals surface area (Å²) in [5.74, 6) is -0.391. The number of non-ortho nitro benzene ring substituents is 1. The topological polar surface area (TPSA) is 84.2 Å². The maximum Gasteiger partial charge on any atom is 0.421 e. The van der Waals surface area contributed by atoms with Gasteiger partial charge in [-0.15, -0.1) is 0 Å². The highest BCUT2D eigenvalue weighted by Gasteiger charge is 2.35. The molecule has 0 saturated carbocycles. The van der Waals surface area contributed by atoms with Gasteiger partial charge in [0, 0.05) is 40.3 Å². The maximum absolute atomic E-state index is 13.4. The molecule has 0 radical (unpaired) electrons. The van der Waals surface area contributed by atoms with E-state index in [0.29, 0.717) is 17.6 Å². The lowest BCUT2D eigenvalue weighted by atomic mass is 10.2. The number of nitrogens with zero attached hydrogens (tertiary/aromatic N) is 4. The van der Waals surface area contributed by atoms with Crippen LogP contribution in [0.1, 0.15) is 5.56 Å². The Balaban J connectivity index is 1.97. The first-order chi connectivity index (χ1) is 13.6. The first-order valence-electron chi connectivity index (χ1n) is 8.10. The van der Waals surface area contributed by atoms with E-state index in [1.807, 2.05) is 0 Å². The molecule has 7 nitrogen and oxygen atoms in total. The zero-order valence-corrected chi connectivity index (χ0v) is 17.0. The summed E-state index contributed by atoms with van der Waals surface area (Å²) in [5.41, 5.74) is -0.178. The van der Waals surface area contributed by atoms with E-state index in [-0.39, 0.29) is 11.6 Å². The molecule has 0 unspecified atom stereocenters. The van der Waals surface area contributed by atoms with Crippen LogP contribution in [-0.2, 0) is 6.18 Å². The summed E-state index contributed by atoms with van der Waals surface area (Å²) in [5, 5.41) is 13.5.